The number of ketones is 2. The number of anilines is 1. The average molecular weight is 279 g/mol. The summed E-state index contributed by atoms with van der Waals surface area (Å²) in [5.74, 6) is -0.176. The Kier molecular flexibility index (Phi) is 2.94. The zero-order valence-corrected chi connectivity index (χ0v) is 12.4. The van der Waals surface area contributed by atoms with E-state index < -0.39 is 0 Å². The Balaban J connectivity index is 2.21. The number of fused-ring (bicyclic) bond motifs is 2. The third kappa shape index (κ3) is 2.25. The second-order valence-corrected chi connectivity index (χ2v) is 6.31. The lowest BCUT2D eigenvalue weighted by Gasteiger charge is -2.26. The molecule has 0 heterocycles. The fourth-order valence-electron chi connectivity index (χ4n) is 2.65. The van der Waals surface area contributed by atoms with Crippen LogP contribution in [0.5, 0.6) is 0 Å². The molecule has 0 amide bonds. The molecule has 106 valence electrons. The van der Waals surface area contributed by atoms with E-state index in [1.165, 1.54) is 0 Å². The number of benzene rings is 2. The van der Waals surface area contributed by atoms with Crippen molar-refractivity contribution in [1.29, 1.82) is 0 Å². The van der Waals surface area contributed by atoms with E-state index in [0.717, 1.165) is 0 Å². The van der Waals surface area contributed by atoms with Gasteiger partial charge >= 0.3 is 0 Å². The fourth-order valence-corrected chi connectivity index (χ4v) is 2.65. The number of nitrogens with one attached hydrogen (secondary N) is 1. The lowest BCUT2D eigenvalue weighted by atomic mass is 9.83. The zero-order chi connectivity index (χ0) is 15.2. The van der Waals surface area contributed by atoms with E-state index in [1.54, 1.807) is 30.3 Å². The van der Waals surface area contributed by atoms with Crippen LogP contribution in [-0.4, -0.2) is 17.1 Å². The van der Waals surface area contributed by atoms with Crippen LogP contribution < -0.4 is 5.32 Å². The minimum absolute atomic E-state index is 0.0854. The van der Waals surface area contributed by atoms with Gasteiger partial charge in [-0.2, -0.15) is 0 Å². The van der Waals surface area contributed by atoms with Crippen molar-refractivity contribution in [1.82, 2.24) is 0 Å². The van der Waals surface area contributed by atoms with Crippen LogP contribution in [0.4, 0.5) is 5.69 Å². The molecular formula is C18H17NO2. The maximum Gasteiger partial charge on any atom is 0.196 e. The second kappa shape index (κ2) is 4.55. The van der Waals surface area contributed by atoms with Crippen molar-refractivity contribution >= 4 is 17.3 Å². The normalized spacial score (nSPS) is 13.7. The molecule has 0 saturated heterocycles. The number of carbonyl (C=O) groups excluding carboxylic acids is 2. The molecule has 3 nitrogen and oxygen atoms in total. The summed E-state index contributed by atoms with van der Waals surface area (Å²) in [7, 11) is 0. The highest BCUT2D eigenvalue weighted by atomic mass is 16.1. The van der Waals surface area contributed by atoms with Gasteiger partial charge in [0.2, 0.25) is 0 Å². The van der Waals surface area contributed by atoms with Gasteiger partial charge in [0.15, 0.2) is 11.6 Å². The molecule has 0 bridgehead atoms. The maximum atomic E-state index is 12.8. The van der Waals surface area contributed by atoms with Crippen LogP contribution in [0.3, 0.4) is 0 Å². The summed E-state index contributed by atoms with van der Waals surface area (Å²) in [5, 5.41) is 3.32. The second-order valence-electron chi connectivity index (χ2n) is 6.31. The summed E-state index contributed by atoms with van der Waals surface area (Å²) in [4.78, 5) is 25.4. The molecule has 0 radical (unpaired) electrons. The first-order chi connectivity index (χ1) is 9.88. The van der Waals surface area contributed by atoms with Gasteiger partial charge in [-0.15, -0.1) is 0 Å². The summed E-state index contributed by atoms with van der Waals surface area (Å²) in [6.45, 7) is 6.07. The molecule has 1 aliphatic carbocycles. The smallest absolute Gasteiger partial charge is 0.196 e. The maximum absolute atomic E-state index is 12.8. The number of rotatable bonds is 1. The van der Waals surface area contributed by atoms with Crippen molar-refractivity contribution in [2.75, 3.05) is 5.32 Å². The molecule has 0 unspecified atom stereocenters. The Morgan fingerprint density at radius 2 is 1.33 bits per heavy atom. The molecule has 0 aliphatic heterocycles. The third-order valence-electron chi connectivity index (χ3n) is 3.46. The predicted molar refractivity (Wildman–Crippen MR) is 83.1 cm³/mol. The molecule has 2 aromatic carbocycles. The highest BCUT2D eigenvalue weighted by molar-refractivity contribution is 6.30. The van der Waals surface area contributed by atoms with Crippen LogP contribution >= 0.6 is 0 Å². The Hall–Kier alpha value is -2.42. The minimum Gasteiger partial charge on any atom is -0.380 e. The van der Waals surface area contributed by atoms with Gasteiger partial charge in [0.05, 0.1) is 5.56 Å². The fraction of sp³-hybridized carbons (Fsp3) is 0.222. The Morgan fingerprint density at radius 3 is 1.95 bits per heavy atom. The standard InChI is InChI=1S/C18H17NO2/c1-18(2,3)19-14-10-6-9-13-15(14)17(21)12-8-5-4-7-11(12)16(13)20/h4-10,19H,1-3H3. The van der Waals surface area contributed by atoms with Gasteiger partial charge in [-0.1, -0.05) is 36.4 Å². The van der Waals surface area contributed by atoms with E-state index in [-0.39, 0.29) is 17.1 Å². The molecule has 21 heavy (non-hydrogen) atoms. The Morgan fingerprint density at radius 1 is 0.762 bits per heavy atom. The van der Waals surface area contributed by atoms with Gasteiger partial charge in [0.25, 0.3) is 0 Å². The number of carbonyl (C=O) groups is 2. The highest BCUT2D eigenvalue weighted by Gasteiger charge is 2.31. The quantitative estimate of drug-likeness (QED) is 0.739. The average Bonchev–Trinajstić information content (AvgIpc) is 2.43. The van der Waals surface area contributed by atoms with Gasteiger partial charge in [-0.25, -0.2) is 0 Å². The molecule has 1 N–H and O–H groups in total. The van der Waals surface area contributed by atoms with Crippen LogP contribution in [0.1, 0.15) is 52.6 Å². The molecule has 2 aromatic rings. The highest BCUT2D eigenvalue weighted by Crippen LogP contribution is 2.32. The summed E-state index contributed by atoms with van der Waals surface area (Å²) < 4.78 is 0. The minimum atomic E-state index is -0.185. The van der Waals surface area contributed by atoms with Crippen molar-refractivity contribution < 1.29 is 9.59 Å². The first kappa shape index (κ1) is 13.6. The number of hydrogen-bond donors (Lipinski definition) is 1. The Bertz CT molecular complexity index is 754. The summed E-state index contributed by atoms with van der Waals surface area (Å²) in [6.07, 6.45) is 0. The van der Waals surface area contributed by atoms with Crippen LogP contribution in [-0.2, 0) is 0 Å². The van der Waals surface area contributed by atoms with Crippen molar-refractivity contribution in [3.05, 3.63) is 64.7 Å². The van der Waals surface area contributed by atoms with Crippen LogP contribution in [0.15, 0.2) is 42.5 Å². The van der Waals surface area contributed by atoms with Crippen molar-refractivity contribution in [3.8, 4) is 0 Å². The third-order valence-corrected chi connectivity index (χ3v) is 3.46. The molecule has 0 fully saturated rings. The summed E-state index contributed by atoms with van der Waals surface area (Å²) >= 11 is 0. The predicted octanol–water partition coefficient (Wildman–Crippen LogP) is 3.67. The zero-order valence-electron chi connectivity index (χ0n) is 12.4. The lowest BCUT2D eigenvalue weighted by Crippen LogP contribution is -2.29. The molecule has 0 atom stereocenters. The summed E-state index contributed by atoms with van der Waals surface area (Å²) in [6, 6.07) is 12.4. The molecule has 0 saturated carbocycles. The monoisotopic (exact) mass is 279 g/mol. The van der Waals surface area contributed by atoms with E-state index in [0.29, 0.717) is 27.9 Å². The van der Waals surface area contributed by atoms with Crippen LogP contribution in [0, 0.1) is 0 Å². The van der Waals surface area contributed by atoms with Crippen molar-refractivity contribution in [2.45, 2.75) is 26.3 Å². The van der Waals surface area contributed by atoms with Gasteiger partial charge in [-0.3, -0.25) is 9.59 Å². The largest absolute Gasteiger partial charge is 0.380 e. The van der Waals surface area contributed by atoms with Gasteiger partial charge < -0.3 is 5.32 Å². The van der Waals surface area contributed by atoms with Gasteiger partial charge in [-0.05, 0) is 26.8 Å². The van der Waals surface area contributed by atoms with E-state index in [9.17, 15) is 9.59 Å². The number of hydrogen-bond acceptors (Lipinski definition) is 3. The Labute approximate surface area is 124 Å². The molecule has 1 aliphatic rings. The SMILES string of the molecule is CC(C)(C)Nc1cccc2c1C(=O)c1ccccc1C2=O. The molecule has 0 aromatic heterocycles. The van der Waals surface area contributed by atoms with Crippen LogP contribution in [0.2, 0.25) is 0 Å². The van der Waals surface area contributed by atoms with E-state index in [4.69, 9.17) is 0 Å². The first-order valence-corrected chi connectivity index (χ1v) is 6.98. The van der Waals surface area contributed by atoms with Gasteiger partial charge in [0, 0.05) is 27.9 Å². The van der Waals surface area contributed by atoms with Crippen molar-refractivity contribution in [2.24, 2.45) is 0 Å². The molecule has 3 rings (SSSR count). The van der Waals surface area contributed by atoms with E-state index in [2.05, 4.69) is 5.32 Å². The topological polar surface area (TPSA) is 46.2 Å². The van der Waals surface area contributed by atoms with Crippen LogP contribution in [0.25, 0.3) is 0 Å². The first-order valence-electron chi connectivity index (χ1n) is 6.98. The van der Waals surface area contributed by atoms with E-state index in [1.807, 2.05) is 32.9 Å². The lowest BCUT2D eigenvalue weighted by molar-refractivity contribution is 0.0979. The molecule has 3 heteroatoms. The molecular weight excluding hydrogens is 262 g/mol. The molecule has 0 spiro atoms. The van der Waals surface area contributed by atoms with E-state index >= 15 is 0 Å². The van der Waals surface area contributed by atoms with Crippen molar-refractivity contribution in [3.63, 3.8) is 0 Å². The van der Waals surface area contributed by atoms with Gasteiger partial charge in [0.1, 0.15) is 0 Å². The summed E-state index contributed by atoms with van der Waals surface area (Å²) in [5.41, 5.74) is 2.47.